The number of hydrogen-bond acceptors (Lipinski definition) is 6. The molecule has 0 spiro atoms. The maximum absolute atomic E-state index is 11.1. The molecule has 2 rings (SSSR count). The summed E-state index contributed by atoms with van der Waals surface area (Å²) >= 11 is 0. The Balaban J connectivity index is 2.14. The van der Waals surface area contributed by atoms with Gasteiger partial charge in [0.2, 0.25) is 0 Å². The number of ether oxygens (including phenoxy) is 1. The number of phenolic OH excluding ortho intramolecular Hbond substituents is 1. The number of aromatic hydroxyl groups is 1. The molecule has 0 atom stereocenters. The topological polar surface area (TPSA) is 126 Å². The Bertz CT molecular complexity index is 650. The van der Waals surface area contributed by atoms with Crippen LogP contribution in [0.4, 0.5) is 5.82 Å². The lowest BCUT2D eigenvalue weighted by atomic mass is 10.2. The van der Waals surface area contributed by atoms with E-state index in [-0.39, 0.29) is 17.3 Å². The molecule has 0 saturated carbocycles. The number of nitrogens with one attached hydrogen (secondary N) is 2. The number of anilines is 1. The van der Waals surface area contributed by atoms with Crippen molar-refractivity contribution in [3.8, 4) is 11.5 Å². The minimum absolute atomic E-state index is 0.0299. The van der Waals surface area contributed by atoms with Crippen molar-refractivity contribution in [1.29, 1.82) is 0 Å². The van der Waals surface area contributed by atoms with Crippen LogP contribution >= 0.6 is 0 Å². The molecule has 5 N–H and O–H groups in total. The Morgan fingerprint density at radius 2 is 2.40 bits per heavy atom. The van der Waals surface area contributed by atoms with Crippen LogP contribution in [-0.2, 0) is 0 Å². The molecule has 0 bridgehead atoms. The molecule has 0 aliphatic heterocycles. The standard InChI is InChI=1S/C12H13N5O3/c1-20-8-4-2-3-7(10(8)18)5-16-17-12-9(11(13)19)14-6-15-12/h2-6,17-18H,1H3,(H2,13,19)(H,14,15)/b16-5+. The van der Waals surface area contributed by atoms with E-state index in [0.717, 1.165) is 0 Å². The fourth-order valence-electron chi connectivity index (χ4n) is 1.54. The van der Waals surface area contributed by atoms with Crippen molar-refractivity contribution in [2.24, 2.45) is 10.8 Å². The van der Waals surface area contributed by atoms with Crippen molar-refractivity contribution in [1.82, 2.24) is 9.97 Å². The number of carbonyl (C=O) groups excluding carboxylic acids is 1. The van der Waals surface area contributed by atoms with Gasteiger partial charge in [0, 0.05) is 5.56 Å². The highest BCUT2D eigenvalue weighted by Crippen LogP contribution is 2.27. The summed E-state index contributed by atoms with van der Waals surface area (Å²) in [5, 5.41) is 13.7. The molecular weight excluding hydrogens is 262 g/mol. The number of primary amides is 1. The molecule has 104 valence electrons. The predicted molar refractivity (Wildman–Crippen MR) is 73.0 cm³/mol. The molecule has 1 amide bonds. The normalized spacial score (nSPS) is 10.7. The summed E-state index contributed by atoms with van der Waals surface area (Å²) in [5.74, 6) is -0.134. The number of methoxy groups -OCH3 is 1. The van der Waals surface area contributed by atoms with Crippen molar-refractivity contribution >= 4 is 17.9 Å². The first-order valence-electron chi connectivity index (χ1n) is 5.61. The molecule has 0 fully saturated rings. The molecule has 0 unspecified atom stereocenters. The smallest absolute Gasteiger partial charge is 0.269 e. The van der Waals surface area contributed by atoms with Crippen LogP contribution < -0.4 is 15.9 Å². The molecule has 0 radical (unpaired) electrons. The molecule has 1 aromatic heterocycles. The first-order chi connectivity index (χ1) is 9.63. The van der Waals surface area contributed by atoms with Gasteiger partial charge in [-0.05, 0) is 12.1 Å². The number of para-hydroxylation sites is 1. The SMILES string of the molecule is COc1cccc(/C=N/Nc2nc[nH]c2C(N)=O)c1O. The van der Waals surface area contributed by atoms with E-state index >= 15 is 0 Å². The number of amides is 1. The van der Waals surface area contributed by atoms with E-state index < -0.39 is 5.91 Å². The highest BCUT2D eigenvalue weighted by molar-refractivity contribution is 5.95. The second-order valence-electron chi connectivity index (χ2n) is 3.76. The van der Waals surface area contributed by atoms with Gasteiger partial charge in [-0.1, -0.05) is 6.07 Å². The molecule has 1 aromatic carbocycles. The van der Waals surface area contributed by atoms with Gasteiger partial charge in [0.1, 0.15) is 5.69 Å². The lowest BCUT2D eigenvalue weighted by molar-refractivity contribution is 0.0997. The summed E-state index contributed by atoms with van der Waals surface area (Å²) < 4.78 is 4.98. The van der Waals surface area contributed by atoms with Crippen LogP contribution in [-0.4, -0.2) is 34.3 Å². The zero-order valence-corrected chi connectivity index (χ0v) is 10.6. The van der Waals surface area contributed by atoms with Gasteiger partial charge in [-0.3, -0.25) is 10.2 Å². The summed E-state index contributed by atoms with van der Waals surface area (Å²) in [5.41, 5.74) is 8.28. The third kappa shape index (κ3) is 2.69. The summed E-state index contributed by atoms with van der Waals surface area (Å²) in [6.07, 6.45) is 2.69. The lowest BCUT2D eigenvalue weighted by Crippen LogP contribution is -2.13. The fourth-order valence-corrected chi connectivity index (χ4v) is 1.54. The second-order valence-corrected chi connectivity index (χ2v) is 3.76. The first kappa shape index (κ1) is 13.4. The zero-order chi connectivity index (χ0) is 14.5. The summed E-state index contributed by atoms with van der Waals surface area (Å²) in [6.45, 7) is 0. The van der Waals surface area contributed by atoms with Gasteiger partial charge in [-0.15, -0.1) is 0 Å². The molecule has 8 heteroatoms. The number of aromatic nitrogens is 2. The highest BCUT2D eigenvalue weighted by atomic mass is 16.5. The van der Waals surface area contributed by atoms with E-state index in [1.807, 2.05) is 0 Å². The Kier molecular flexibility index (Phi) is 3.85. The second kappa shape index (κ2) is 5.74. The molecular formula is C12H13N5O3. The van der Waals surface area contributed by atoms with Crippen molar-refractivity contribution in [2.75, 3.05) is 12.5 Å². The number of phenols is 1. The maximum atomic E-state index is 11.1. The molecule has 2 aromatic rings. The van der Waals surface area contributed by atoms with E-state index in [1.165, 1.54) is 19.7 Å². The lowest BCUT2D eigenvalue weighted by Gasteiger charge is -2.04. The monoisotopic (exact) mass is 275 g/mol. The number of H-pyrrole nitrogens is 1. The van der Waals surface area contributed by atoms with Gasteiger partial charge in [-0.2, -0.15) is 5.10 Å². The molecule has 20 heavy (non-hydrogen) atoms. The van der Waals surface area contributed by atoms with Crippen LogP contribution in [0.25, 0.3) is 0 Å². The van der Waals surface area contributed by atoms with Gasteiger partial charge in [0.15, 0.2) is 17.3 Å². The van der Waals surface area contributed by atoms with Crippen molar-refractivity contribution in [3.05, 3.63) is 35.8 Å². The summed E-state index contributed by atoms with van der Waals surface area (Å²) in [6, 6.07) is 4.99. The van der Waals surface area contributed by atoms with E-state index in [9.17, 15) is 9.90 Å². The molecule has 0 saturated heterocycles. The molecule has 0 aliphatic carbocycles. The van der Waals surface area contributed by atoms with Crippen molar-refractivity contribution < 1.29 is 14.6 Å². The van der Waals surface area contributed by atoms with E-state index in [1.54, 1.807) is 18.2 Å². The van der Waals surface area contributed by atoms with Crippen LogP contribution in [0.3, 0.4) is 0 Å². The maximum Gasteiger partial charge on any atom is 0.269 e. The van der Waals surface area contributed by atoms with Gasteiger partial charge in [-0.25, -0.2) is 4.98 Å². The number of carbonyl (C=O) groups is 1. The summed E-state index contributed by atoms with van der Waals surface area (Å²) in [7, 11) is 1.46. The largest absolute Gasteiger partial charge is 0.504 e. The van der Waals surface area contributed by atoms with Gasteiger partial charge < -0.3 is 20.6 Å². The Hall–Kier alpha value is -3.03. The molecule has 1 heterocycles. The first-order valence-corrected chi connectivity index (χ1v) is 5.61. The quantitative estimate of drug-likeness (QED) is 0.471. The average Bonchev–Trinajstić information content (AvgIpc) is 2.89. The van der Waals surface area contributed by atoms with Crippen molar-refractivity contribution in [3.63, 3.8) is 0 Å². The number of nitrogens with zero attached hydrogens (tertiary/aromatic N) is 2. The van der Waals surface area contributed by atoms with Crippen LogP contribution in [0.1, 0.15) is 16.1 Å². The minimum Gasteiger partial charge on any atom is -0.504 e. The van der Waals surface area contributed by atoms with Gasteiger partial charge in [0.25, 0.3) is 5.91 Å². The fraction of sp³-hybridized carbons (Fsp3) is 0.0833. The highest BCUT2D eigenvalue weighted by Gasteiger charge is 2.10. The minimum atomic E-state index is -0.649. The van der Waals surface area contributed by atoms with Crippen LogP contribution in [0.5, 0.6) is 11.5 Å². The molecule has 8 nitrogen and oxygen atoms in total. The van der Waals surface area contributed by atoms with Crippen LogP contribution in [0.15, 0.2) is 29.6 Å². The number of benzene rings is 1. The Morgan fingerprint density at radius 1 is 1.60 bits per heavy atom. The van der Waals surface area contributed by atoms with Crippen molar-refractivity contribution in [2.45, 2.75) is 0 Å². The third-order valence-corrected chi connectivity index (χ3v) is 2.51. The zero-order valence-electron chi connectivity index (χ0n) is 10.6. The number of aromatic amines is 1. The Labute approximate surface area is 114 Å². The number of imidazole rings is 1. The molecule has 0 aliphatic rings. The van der Waals surface area contributed by atoms with Crippen LogP contribution in [0, 0.1) is 0 Å². The van der Waals surface area contributed by atoms with Gasteiger partial charge in [0.05, 0.1) is 19.7 Å². The number of hydrazone groups is 1. The van der Waals surface area contributed by atoms with E-state index in [4.69, 9.17) is 10.5 Å². The average molecular weight is 275 g/mol. The summed E-state index contributed by atoms with van der Waals surface area (Å²) in [4.78, 5) is 17.5. The van der Waals surface area contributed by atoms with Crippen LogP contribution in [0.2, 0.25) is 0 Å². The third-order valence-electron chi connectivity index (χ3n) is 2.51. The number of nitrogens with two attached hydrogens (primary N) is 1. The number of hydrogen-bond donors (Lipinski definition) is 4. The van der Waals surface area contributed by atoms with Gasteiger partial charge >= 0.3 is 0 Å². The Morgan fingerprint density at radius 3 is 3.10 bits per heavy atom. The predicted octanol–water partition coefficient (Wildman–Crippen LogP) is 0.669. The number of rotatable bonds is 5. The van der Waals surface area contributed by atoms with E-state index in [2.05, 4.69) is 20.5 Å². The van der Waals surface area contributed by atoms with E-state index in [0.29, 0.717) is 11.3 Å².